The molecule has 21 heavy (non-hydrogen) atoms. The van der Waals surface area contributed by atoms with Crippen LogP contribution in [0, 0.1) is 11.3 Å². The topological polar surface area (TPSA) is 78.9 Å². The number of nitrogens with zero attached hydrogens (tertiary/aromatic N) is 2. The van der Waals surface area contributed by atoms with E-state index >= 15 is 0 Å². The molecule has 0 fully saturated rings. The van der Waals surface area contributed by atoms with Crippen molar-refractivity contribution in [2.24, 2.45) is 22.2 Å². The fourth-order valence-corrected chi connectivity index (χ4v) is 3.29. The highest BCUT2D eigenvalue weighted by Gasteiger charge is 2.63. The average molecular weight is 303 g/mol. The van der Waals surface area contributed by atoms with Crippen molar-refractivity contribution in [3.63, 3.8) is 0 Å². The maximum absolute atomic E-state index is 12.8. The number of rotatable bonds is 0. The molecule has 0 saturated heterocycles. The Balaban J connectivity index is 2.27. The van der Waals surface area contributed by atoms with Crippen LogP contribution in [0.3, 0.4) is 0 Å². The summed E-state index contributed by atoms with van der Waals surface area (Å²) in [5, 5.41) is 16.8. The summed E-state index contributed by atoms with van der Waals surface area (Å²) in [7, 11) is 0. The number of hydrogen-bond donors (Lipinski definition) is 2. The van der Waals surface area contributed by atoms with E-state index in [4.69, 9.17) is 18.0 Å². The molecule has 0 aromatic heterocycles. The molecule has 0 radical (unpaired) electrons. The number of nitrogens with two attached hydrogens (primary N) is 1. The van der Waals surface area contributed by atoms with Crippen LogP contribution >= 0.6 is 12.2 Å². The van der Waals surface area contributed by atoms with Crippen LogP contribution in [0.2, 0.25) is 0 Å². The summed E-state index contributed by atoms with van der Waals surface area (Å²) in [6, 6.07) is 6.99. The number of fused-ring (bicyclic) bond motifs is 3. The summed E-state index contributed by atoms with van der Waals surface area (Å²) in [5.74, 6) is -0.906. The quantitative estimate of drug-likeness (QED) is 0.712. The normalized spacial score (nSPS) is 27.4. The molecule has 1 aliphatic heterocycles. The number of ketones is 1. The third kappa shape index (κ3) is 1.69. The second kappa shape index (κ2) is 4.11. The smallest absolute Gasteiger partial charge is 0.203 e. The molecule has 2 atom stereocenters. The van der Waals surface area contributed by atoms with E-state index in [0.717, 1.165) is 0 Å². The molecule has 0 saturated carbocycles. The van der Waals surface area contributed by atoms with Crippen molar-refractivity contribution in [3.05, 3.63) is 35.4 Å². The summed E-state index contributed by atoms with van der Waals surface area (Å²) in [5.41, 5.74) is 5.35. The largest absolute Gasteiger partial charge is 0.375 e. The van der Waals surface area contributed by atoms with E-state index in [2.05, 4.69) is 5.10 Å². The van der Waals surface area contributed by atoms with Crippen molar-refractivity contribution in [2.45, 2.75) is 26.5 Å². The van der Waals surface area contributed by atoms with E-state index in [1.54, 1.807) is 24.3 Å². The molecule has 1 aromatic carbocycles. The summed E-state index contributed by atoms with van der Waals surface area (Å²) >= 11 is 5.02. The number of carbonyl (C=O) groups is 1. The lowest BCUT2D eigenvalue weighted by Crippen LogP contribution is -2.49. The molecule has 0 amide bonds. The van der Waals surface area contributed by atoms with Crippen molar-refractivity contribution >= 4 is 28.8 Å². The van der Waals surface area contributed by atoms with E-state index in [0.29, 0.717) is 16.8 Å². The first-order valence-corrected chi connectivity index (χ1v) is 7.14. The van der Waals surface area contributed by atoms with E-state index in [-0.39, 0.29) is 16.3 Å². The van der Waals surface area contributed by atoms with Gasteiger partial charge < -0.3 is 10.8 Å². The van der Waals surface area contributed by atoms with E-state index < -0.39 is 11.6 Å². The molecule has 0 unspecified atom stereocenters. The van der Waals surface area contributed by atoms with E-state index in [1.807, 2.05) is 20.8 Å². The molecular formula is C15H17N3O2S. The van der Waals surface area contributed by atoms with Crippen molar-refractivity contribution in [1.29, 1.82) is 0 Å². The molecule has 0 bridgehead atoms. The van der Waals surface area contributed by atoms with Gasteiger partial charge in [-0.05, 0) is 12.2 Å². The van der Waals surface area contributed by atoms with E-state index in [1.165, 1.54) is 5.01 Å². The zero-order valence-electron chi connectivity index (χ0n) is 12.1. The first-order valence-electron chi connectivity index (χ1n) is 6.73. The number of benzene rings is 1. The van der Waals surface area contributed by atoms with Crippen LogP contribution in [0.25, 0.3) is 0 Å². The van der Waals surface area contributed by atoms with Crippen LogP contribution in [0.1, 0.15) is 36.7 Å². The van der Waals surface area contributed by atoms with Gasteiger partial charge in [0.05, 0.1) is 5.71 Å². The summed E-state index contributed by atoms with van der Waals surface area (Å²) in [4.78, 5) is 12.8. The number of carbonyl (C=O) groups excluding carboxylic acids is 1. The summed E-state index contributed by atoms with van der Waals surface area (Å²) in [6.07, 6.45) is 0. The second-order valence-electron chi connectivity index (χ2n) is 6.45. The minimum Gasteiger partial charge on any atom is -0.375 e. The Morgan fingerprint density at radius 1 is 1.43 bits per heavy atom. The van der Waals surface area contributed by atoms with Gasteiger partial charge in [-0.3, -0.25) is 4.79 Å². The van der Waals surface area contributed by atoms with Gasteiger partial charge in [-0.1, -0.05) is 45.0 Å². The molecule has 1 aromatic rings. The Bertz CT molecular complexity index is 692. The van der Waals surface area contributed by atoms with Crippen LogP contribution in [-0.2, 0) is 5.72 Å². The van der Waals surface area contributed by atoms with Crippen molar-refractivity contribution in [1.82, 2.24) is 5.01 Å². The van der Waals surface area contributed by atoms with Gasteiger partial charge in [0.25, 0.3) is 0 Å². The molecule has 110 valence electrons. The fraction of sp³-hybridized carbons (Fsp3) is 0.400. The number of Topliss-reactive ketones (excluding diaryl/α,β-unsaturated/α-hetero) is 1. The van der Waals surface area contributed by atoms with Crippen LogP contribution in [0.4, 0.5) is 0 Å². The molecule has 3 rings (SSSR count). The molecule has 0 spiro atoms. The first-order chi connectivity index (χ1) is 9.69. The Hall–Kier alpha value is -1.79. The standard InChI is InChI=1S/C15H17N3O2S/c1-14(2,3)12-10-11(19)8-6-4-5-7-9(8)15(10,20)18(17-12)13(16)21/h4-7,10,20H,1-3H3,(H2,16,21)/t10-,15+/m1/s1. The SMILES string of the molecule is CC(C)(C)C1=NN(C(N)=S)[C@]2(O)c3ccccc3C(=O)[C@H]12. The highest BCUT2D eigenvalue weighted by atomic mass is 32.1. The third-order valence-electron chi connectivity index (χ3n) is 4.03. The van der Waals surface area contributed by atoms with Crippen molar-refractivity contribution in [2.75, 3.05) is 0 Å². The Labute approximate surface area is 128 Å². The van der Waals surface area contributed by atoms with Gasteiger partial charge in [0, 0.05) is 16.5 Å². The van der Waals surface area contributed by atoms with Crippen LogP contribution in [0.5, 0.6) is 0 Å². The molecule has 6 heteroatoms. The van der Waals surface area contributed by atoms with Gasteiger partial charge in [0.1, 0.15) is 5.92 Å². The summed E-state index contributed by atoms with van der Waals surface area (Å²) in [6.45, 7) is 5.85. The molecular weight excluding hydrogens is 286 g/mol. The van der Waals surface area contributed by atoms with Gasteiger partial charge in [-0.2, -0.15) is 5.10 Å². The molecule has 2 aliphatic rings. The lowest BCUT2D eigenvalue weighted by atomic mass is 9.78. The highest BCUT2D eigenvalue weighted by molar-refractivity contribution is 7.80. The van der Waals surface area contributed by atoms with Crippen LogP contribution in [0.15, 0.2) is 29.4 Å². The number of aliphatic hydroxyl groups is 1. The van der Waals surface area contributed by atoms with Crippen molar-refractivity contribution in [3.8, 4) is 0 Å². The zero-order valence-corrected chi connectivity index (χ0v) is 12.9. The van der Waals surface area contributed by atoms with Gasteiger partial charge in [0.2, 0.25) is 5.72 Å². The Morgan fingerprint density at radius 2 is 2.05 bits per heavy atom. The van der Waals surface area contributed by atoms with Crippen LogP contribution < -0.4 is 5.73 Å². The monoisotopic (exact) mass is 303 g/mol. The lowest BCUT2D eigenvalue weighted by Gasteiger charge is -2.32. The third-order valence-corrected chi connectivity index (χ3v) is 4.21. The second-order valence-corrected chi connectivity index (χ2v) is 6.87. The zero-order chi connectivity index (χ0) is 15.6. The average Bonchev–Trinajstić information content (AvgIpc) is 2.82. The molecule has 1 heterocycles. The number of hydrogen-bond acceptors (Lipinski definition) is 4. The fourth-order valence-electron chi connectivity index (χ4n) is 3.11. The van der Waals surface area contributed by atoms with Gasteiger partial charge >= 0.3 is 0 Å². The Kier molecular flexibility index (Phi) is 2.77. The molecule has 5 nitrogen and oxygen atoms in total. The number of thiocarbonyl (C=S) groups is 1. The van der Waals surface area contributed by atoms with E-state index in [9.17, 15) is 9.90 Å². The van der Waals surface area contributed by atoms with Gasteiger partial charge in [-0.15, -0.1) is 0 Å². The minimum absolute atomic E-state index is 0.0498. The highest BCUT2D eigenvalue weighted by Crippen LogP contribution is 2.50. The van der Waals surface area contributed by atoms with Gasteiger partial charge in [-0.25, -0.2) is 5.01 Å². The Morgan fingerprint density at radius 3 is 2.62 bits per heavy atom. The minimum atomic E-state index is -1.61. The predicted molar refractivity (Wildman–Crippen MR) is 83.7 cm³/mol. The summed E-state index contributed by atoms with van der Waals surface area (Å²) < 4.78 is 0. The maximum Gasteiger partial charge on any atom is 0.203 e. The molecule has 3 N–H and O–H groups in total. The molecule has 1 aliphatic carbocycles. The first kappa shape index (κ1) is 14.2. The van der Waals surface area contributed by atoms with Crippen molar-refractivity contribution < 1.29 is 9.90 Å². The lowest BCUT2D eigenvalue weighted by molar-refractivity contribution is -0.0735. The maximum atomic E-state index is 12.8. The van der Waals surface area contributed by atoms with Crippen LogP contribution in [-0.4, -0.2) is 26.7 Å². The number of hydrazone groups is 1. The van der Waals surface area contributed by atoms with Gasteiger partial charge in [0.15, 0.2) is 10.9 Å². The predicted octanol–water partition coefficient (Wildman–Crippen LogP) is 1.61.